The zero-order valence-corrected chi connectivity index (χ0v) is 9.97. The summed E-state index contributed by atoms with van der Waals surface area (Å²) in [6.07, 6.45) is 0. The topological polar surface area (TPSA) is 46.2 Å². The van der Waals surface area contributed by atoms with E-state index in [0.717, 1.165) is 0 Å². The van der Waals surface area contributed by atoms with Gasteiger partial charge in [0.25, 0.3) is 0 Å². The van der Waals surface area contributed by atoms with Crippen LogP contribution in [0.1, 0.15) is 0 Å². The fourth-order valence-corrected chi connectivity index (χ4v) is 0.613. The number of rotatable bonds is 10. The van der Waals surface area contributed by atoms with Crippen molar-refractivity contribution in [1.82, 2.24) is 0 Å². The highest BCUT2D eigenvalue weighted by atomic mass is 32.1. The van der Waals surface area contributed by atoms with Gasteiger partial charge in [0.2, 0.25) is 0 Å². The van der Waals surface area contributed by atoms with Gasteiger partial charge in [0.1, 0.15) is 13.2 Å². The molecule has 0 amide bonds. The van der Waals surface area contributed by atoms with E-state index in [2.05, 4.69) is 58.0 Å². The molecule has 0 atom stereocenters. The Morgan fingerprint density at radius 3 is 1.53 bits per heavy atom. The van der Waals surface area contributed by atoms with E-state index in [1.807, 2.05) is 0 Å². The lowest BCUT2D eigenvalue weighted by molar-refractivity contribution is -0.269. The van der Waals surface area contributed by atoms with E-state index < -0.39 is 0 Å². The van der Waals surface area contributed by atoms with Gasteiger partial charge in [-0.25, -0.2) is 0 Å². The van der Waals surface area contributed by atoms with Crippen molar-refractivity contribution in [2.75, 3.05) is 26.4 Å². The van der Waals surface area contributed by atoms with Crippen molar-refractivity contribution in [3.05, 3.63) is 23.3 Å². The minimum absolute atomic E-state index is 0.194. The summed E-state index contributed by atoms with van der Waals surface area (Å²) >= 11 is 7.51. The SMILES string of the molecule is C=C(S)OOCCOCCOOC(=C)S. The second kappa shape index (κ2) is 10.2. The van der Waals surface area contributed by atoms with E-state index in [1.54, 1.807) is 0 Å². The Labute approximate surface area is 99.7 Å². The first-order valence-electron chi connectivity index (χ1n) is 4.05. The standard InChI is InChI=1S/C8H14O5S2/c1-7(14)12-10-5-3-9-4-6-11-13-8(2)15/h14-15H,1-6H2. The van der Waals surface area contributed by atoms with Crippen molar-refractivity contribution in [3.8, 4) is 0 Å². The fourth-order valence-electron chi connectivity index (χ4n) is 0.507. The third-order valence-electron chi connectivity index (χ3n) is 0.932. The third-order valence-corrected chi connectivity index (χ3v) is 1.08. The van der Waals surface area contributed by atoms with E-state index in [-0.39, 0.29) is 23.4 Å². The van der Waals surface area contributed by atoms with E-state index in [1.165, 1.54) is 0 Å². The molecule has 0 aliphatic carbocycles. The van der Waals surface area contributed by atoms with Crippen molar-refractivity contribution >= 4 is 25.3 Å². The first kappa shape index (κ1) is 14.7. The largest absolute Gasteiger partial charge is 0.376 e. The van der Waals surface area contributed by atoms with Crippen LogP contribution in [0.4, 0.5) is 0 Å². The van der Waals surface area contributed by atoms with Gasteiger partial charge in [-0.05, 0) is 13.2 Å². The van der Waals surface area contributed by atoms with Crippen molar-refractivity contribution in [3.63, 3.8) is 0 Å². The summed E-state index contributed by atoms with van der Waals surface area (Å²) in [5.74, 6) is 0. The highest BCUT2D eigenvalue weighted by Crippen LogP contribution is 1.98. The summed E-state index contributed by atoms with van der Waals surface area (Å²) in [4.78, 5) is 18.3. The van der Waals surface area contributed by atoms with E-state index in [0.29, 0.717) is 13.2 Å². The molecule has 0 N–H and O–H groups in total. The molecule has 7 heteroatoms. The highest BCUT2D eigenvalue weighted by Gasteiger charge is 1.93. The molecule has 0 aromatic heterocycles. The Morgan fingerprint density at radius 2 is 1.20 bits per heavy atom. The summed E-state index contributed by atoms with van der Waals surface area (Å²) in [5, 5.41) is 0.387. The lowest BCUT2D eigenvalue weighted by Crippen LogP contribution is -2.09. The van der Waals surface area contributed by atoms with Crippen LogP contribution in [0.15, 0.2) is 23.3 Å². The minimum atomic E-state index is 0.194. The Bertz CT molecular complexity index is 177. The van der Waals surface area contributed by atoms with Crippen LogP contribution >= 0.6 is 25.3 Å². The van der Waals surface area contributed by atoms with Crippen LogP contribution in [0.2, 0.25) is 0 Å². The summed E-state index contributed by atoms with van der Waals surface area (Å²) in [5.41, 5.74) is 0. The highest BCUT2D eigenvalue weighted by molar-refractivity contribution is 7.84. The molecular formula is C8H14O5S2. The fraction of sp³-hybridized carbons (Fsp3) is 0.500. The molecule has 5 nitrogen and oxygen atoms in total. The Hall–Kier alpha value is -0.340. The second-order valence-electron chi connectivity index (χ2n) is 2.21. The van der Waals surface area contributed by atoms with Crippen LogP contribution in [0, 0.1) is 0 Å². The maximum Gasteiger partial charge on any atom is 0.188 e. The summed E-state index contributed by atoms with van der Waals surface area (Å²) < 4.78 is 5.08. The van der Waals surface area contributed by atoms with Crippen LogP contribution in [-0.2, 0) is 24.3 Å². The van der Waals surface area contributed by atoms with Crippen molar-refractivity contribution in [2.24, 2.45) is 0 Å². The lowest BCUT2D eigenvalue weighted by atomic mass is 10.7. The Kier molecular flexibility index (Phi) is 9.96. The number of hydrogen-bond donors (Lipinski definition) is 2. The molecule has 0 heterocycles. The lowest BCUT2D eigenvalue weighted by Gasteiger charge is -2.05. The Balaban J connectivity index is 2.99. The molecule has 0 aromatic carbocycles. The average Bonchev–Trinajstić information content (AvgIpc) is 2.14. The van der Waals surface area contributed by atoms with Crippen LogP contribution in [0.25, 0.3) is 0 Å². The monoisotopic (exact) mass is 254 g/mol. The molecule has 0 saturated carbocycles. The van der Waals surface area contributed by atoms with Gasteiger partial charge in [0.05, 0.1) is 13.2 Å². The van der Waals surface area contributed by atoms with Crippen LogP contribution in [0.5, 0.6) is 0 Å². The molecular weight excluding hydrogens is 240 g/mol. The zero-order valence-electron chi connectivity index (χ0n) is 8.18. The maximum absolute atomic E-state index is 5.08. The molecule has 0 aromatic rings. The Morgan fingerprint density at radius 1 is 0.800 bits per heavy atom. The molecule has 15 heavy (non-hydrogen) atoms. The van der Waals surface area contributed by atoms with Crippen molar-refractivity contribution in [1.29, 1.82) is 0 Å². The predicted molar refractivity (Wildman–Crippen MR) is 61.1 cm³/mol. The van der Waals surface area contributed by atoms with Crippen molar-refractivity contribution < 1.29 is 24.3 Å². The van der Waals surface area contributed by atoms with Crippen LogP contribution in [0.3, 0.4) is 0 Å². The van der Waals surface area contributed by atoms with E-state index in [9.17, 15) is 0 Å². The van der Waals surface area contributed by atoms with Crippen LogP contribution in [-0.4, -0.2) is 26.4 Å². The molecule has 0 radical (unpaired) electrons. The third kappa shape index (κ3) is 13.7. The van der Waals surface area contributed by atoms with Gasteiger partial charge in [0.15, 0.2) is 10.2 Å². The minimum Gasteiger partial charge on any atom is -0.376 e. The van der Waals surface area contributed by atoms with Gasteiger partial charge < -0.3 is 14.5 Å². The summed E-state index contributed by atoms with van der Waals surface area (Å²) in [6, 6.07) is 0. The predicted octanol–water partition coefficient (Wildman–Crippen LogP) is 1.70. The summed E-state index contributed by atoms with van der Waals surface area (Å²) in [7, 11) is 0. The van der Waals surface area contributed by atoms with Gasteiger partial charge in [0, 0.05) is 0 Å². The number of hydrogen-bond acceptors (Lipinski definition) is 7. The van der Waals surface area contributed by atoms with Gasteiger partial charge >= 0.3 is 0 Å². The smallest absolute Gasteiger partial charge is 0.188 e. The summed E-state index contributed by atoms with van der Waals surface area (Å²) in [6.45, 7) is 8.00. The average molecular weight is 254 g/mol. The zero-order chi connectivity index (χ0) is 11.5. The molecule has 0 fully saturated rings. The maximum atomic E-state index is 5.08. The molecule has 0 spiro atoms. The first-order chi connectivity index (χ1) is 7.13. The normalized spacial score (nSPS) is 9.73. The second-order valence-corrected chi connectivity index (χ2v) is 3.21. The molecule has 88 valence electrons. The van der Waals surface area contributed by atoms with Crippen molar-refractivity contribution in [2.45, 2.75) is 0 Å². The number of ether oxygens (including phenoxy) is 1. The molecule has 0 rings (SSSR count). The van der Waals surface area contributed by atoms with Gasteiger partial charge in [-0.3, -0.25) is 0 Å². The van der Waals surface area contributed by atoms with Gasteiger partial charge in [-0.1, -0.05) is 0 Å². The van der Waals surface area contributed by atoms with E-state index >= 15 is 0 Å². The number of thiol groups is 2. The molecule has 0 aliphatic rings. The molecule has 0 unspecified atom stereocenters. The van der Waals surface area contributed by atoms with Gasteiger partial charge in [-0.15, -0.1) is 25.3 Å². The molecule has 0 saturated heterocycles. The van der Waals surface area contributed by atoms with Crippen LogP contribution < -0.4 is 0 Å². The molecule has 0 bridgehead atoms. The van der Waals surface area contributed by atoms with Gasteiger partial charge in [-0.2, -0.15) is 9.78 Å². The van der Waals surface area contributed by atoms with E-state index in [4.69, 9.17) is 4.74 Å². The quantitative estimate of drug-likeness (QED) is 0.204. The molecule has 0 aliphatic heterocycles. The first-order valence-corrected chi connectivity index (χ1v) is 4.95.